The number of nitrogens with two attached hydrogens (primary N) is 2. The second-order valence-electron chi connectivity index (χ2n) is 7.34. The first-order valence-electron chi connectivity index (χ1n) is 9.96. The molecule has 13 heteroatoms. The molecule has 13 nitrogen and oxygen atoms in total. The maximum absolute atomic E-state index is 12.9. The molecular formula is C20H29N5O8. The van der Waals surface area contributed by atoms with Crippen molar-refractivity contribution < 1.29 is 39.3 Å². The molecule has 182 valence electrons. The van der Waals surface area contributed by atoms with Crippen LogP contribution in [0.1, 0.15) is 18.9 Å². The Bertz CT molecular complexity index is 848. The van der Waals surface area contributed by atoms with E-state index < -0.39 is 72.9 Å². The number of carbonyl (C=O) groups excluding carboxylic acids is 4. The van der Waals surface area contributed by atoms with E-state index in [-0.39, 0.29) is 6.42 Å². The van der Waals surface area contributed by atoms with E-state index in [1.165, 1.54) is 6.92 Å². The molecule has 0 aliphatic carbocycles. The van der Waals surface area contributed by atoms with Gasteiger partial charge in [-0.05, 0) is 12.5 Å². The van der Waals surface area contributed by atoms with Crippen LogP contribution in [0.3, 0.4) is 0 Å². The highest BCUT2D eigenvalue weighted by Gasteiger charge is 2.32. The zero-order valence-corrected chi connectivity index (χ0v) is 17.9. The molecule has 0 saturated heterocycles. The molecule has 10 N–H and O–H groups in total. The Labute approximate surface area is 189 Å². The van der Waals surface area contributed by atoms with Crippen LogP contribution in [0.15, 0.2) is 30.3 Å². The SMILES string of the molecule is CC(O)C(NC(=O)C(Cc1ccccc1)NC(=O)C(N)CC(N)=O)C(=O)NC(CO)C(=O)O. The summed E-state index contributed by atoms with van der Waals surface area (Å²) in [5.41, 5.74) is 11.3. The first-order valence-corrected chi connectivity index (χ1v) is 9.96. The van der Waals surface area contributed by atoms with Crippen molar-refractivity contribution in [2.45, 2.75) is 50.0 Å². The van der Waals surface area contributed by atoms with Crippen molar-refractivity contribution in [2.75, 3.05) is 6.61 Å². The molecule has 0 heterocycles. The maximum Gasteiger partial charge on any atom is 0.328 e. The van der Waals surface area contributed by atoms with E-state index >= 15 is 0 Å². The molecule has 0 aromatic heterocycles. The van der Waals surface area contributed by atoms with Gasteiger partial charge in [0.1, 0.15) is 18.1 Å². The fourth-order valence-electron chi connectivity index (χ4n) is 2.75. The second-order valence-corrected chi connectivity index (χ2v) is 7.34. The minimum Gasteiger partial charge on any atom is -0.480 e. The van der Waals surface area contributed by atoms with Crippen LogP contribution in [0.5, 0.6) is 0 Å². The third-order valence-corrected chi connectivity index (χ3v) is 4.53. The fraction of sp³-hybridized carbons (Fsp3) is 0.450. The number of hydrogen-bond acceptors (Lipinski definition) is 8. The van der Waals surface area contributed by atoms with Crippen LogP contribution in [0.25, 0.3) is 0 Å². The summed E-state index contributed by atoms with van der Waals surface area (Å²) in [6, 6.07) is 2.71. The van der Waals surface area contributed by atoms with Gasteiger partial charge in [0.05, 0.1) is 25.2 Å². The molecule has 5 atom stereocenters. The Morgan fingerprint density at radius 3 is 2.00 bits per heavy atom. The number of aliphatic carboxylic acids is 1. The van der Waals surface area contributed by atoms with Gasteiger partial charge in [0.2, 0.25) is 23.6 Å². The Kier molecular flexibility index (Phi) is 10.9. The van der Waals surface area contributed by atoms with Crippen molar-refractivity contribution in [1.29, 1.82) is 0 Å². The van der Waals surface area contributed by atoms with Gasteiger partial charge in [0.15, 0.2) is 0 Å². The minimum atomic E-state index is -1.65. The second kappa shape index (κ2) is 13.1. The molecule has 1 aromatic carbocycles. The summed E-state index contributed by atoms with van der Waals surface area (Å²) in [5, 5.41) is 34.7. The van der Waals surface area contributed by atoms with E-state index in [0.717, 1.165) is 0 Å². The smallest absolute Gasteiger partial charge is 0.328 e. The molecule has 0 spiro atoms. The number of aliphatic hydroxyl groups excluding tert-OH is 2. The number of nitrogens with one attached hydrogen (secondary N) is 3. The van der Waals surface area contributed by atoms with Crippen LogP contribution >= 0.6 is 0 Å². The predicted octanol–water partition coefficient (Wildman–Crippen LogP) is -3.66. The lowest BCUT2D eigenvalue weighted by Crippen LogP contribution is -2.60. The van der Waals surface area contributed by atoms with Gasteiger partial charge in [-0.2, -0.15) is 0 Å². The highest BCUT2D eigenvalue weighted by Crippen LogP contribution is 2.06. The molecule has 0 fully saturated rings. The van der Waals surface area contributed by atoms with Crippen molar-refractivity contribution in [1.82, 2.24) is 16.0 Å². The summed E-state index contributed by atoms with van der Waals surface area (Å²) in [7, 11) is 0. The number of amides is 4. The van der Waals surface area contributed by atoms with Crippen molar-refractivity contribution in [3.05, 3.63) is 35.9 Å². The van der Waals surface area contributed by atoms with Gasteiger partial charge in [-0.25, -0.2) is 4.79 Å². The lowest BCUT2D eigenvalue weighted by molar-refractivity contribution is -0.144. The maximum atomic E-state index is 12.9. The zero-order chi connectivity index (χ0) is 25.1. The highest BCUT2D eigenvalue weighted by molar-refractivity contribution is 5.95. The van der Waals surface area contributed by atoms with Gasteiger partial charge in [-0.3, -0.25) is 19.2 Å². The molecule has 33 heavy (non-hydrogen) atoms. The van der Waals surface area contributed by atoms with Gasteiger partial charge in [0.25, 0.3) is 0 Å². The van der Waals surface area contributed by atoms with Crippen LogP contribution in [0.2, 0.25) is 0 Å². The van der Waals surface area contributed by atoms with Crippen LogP contribution in [-0.2, 0) is 30.4 Å². The molecule has 5 unspecified atom stereocenters. The number of carbonyl (C=O) groups is 5. The van der Waals surface area contributed by atoms with Gasteiger partial charge >= 0.3 is 5.97 Å². The summed E-state index contributed by atoms with van der Waals surface area (Å²) in [6.07, 6.45) is -1.93. The first-order chi connectivity index (χ1) is 15.5. The molecule has 0 saturated carbocycles. The van der Waals surface area contributed by atoms with E-state index in [9.17, 15) is 29.1 Å². The lowest BCUT2D eigenvalue weighted by atomic mass is 10.0. The third kappa shape index (κ3) is 9.22. The van der Waals surface area contributed by atoms with E-state index in [0.29, 0.717) is 5.56 Å². The molecule has 1 rings (SSSR count). The Morgan fingerprint density at radius 2 is 1.52 bits per heavy atom. The average Bonchev–Trinajstić information content (AvgIpc) is 2.74. The Morgan fingerprint density at radius 1 is 0.939 bits per heavy atom. The molecule has 4 amide bonds. The van der Waals surface area contributed by atoms with Crippen molar-refractivity contribution >= 4 is 29.6 Å². The van der Waals surface area contributed by atoms with E-state index in [1.807, 2.05) is 5.32 Å². The number of primary amides is 1. The summed E-state index contributed by atoms with van der Waals surface area (Å²) < 4.78 is 0. The number of rotatable bonds is 13. The Balaban J connectivity index is 3.05. The number of benzene rings is 1. The van der Waals surface area contributed by atoms with Gasteiger partial charge < -0.3 is 42.7 Å². The van der Waals surface area contributed by atoms with Crippen molar-refractivity contribution in [3.8, 4) is 0 Å². The van der Waals surface area contributed by atoms with Gasteiger partial charge in [-0.15, -0.1) is 0 Å². The normalized spacial score (nSPS) is 15.3. The number of hydrogen-bond donors (Lipinski definition) is 8. The van der Waals surface area contributed by atoms with E-state index in [2.05, 4.69) is 10.6 Å². The van der Waals surface area contributed by atoms with Crippen molar-refractivity contribution in [2.24, 2.45) is 11.5 Å². The monoisotopic (exact) mass is 467 g/mol. The van der Waals surface area contributed by atoms with Gasteiger partial charge in [0, 0.05) is 6.42 Å². The summed E-state index contributed by atoms with van der Waals surface area (Å²) in [5.74, 6) is -5.11. The number of carboxylic acid groups (broad SMARTS) is 1. The number of carboxylic acids is 1. The summed E-state index contributed by atoms with van der Waals surface area (Å²) in [6.45, 7) is 0.277. The topological polar surface area (TPSA) is 234 Å². The highest BCUT2D eigenvalue weighted by atomic mass is 16.4. The fourth-order valence-corrected chi connectivity index (χ4v) is 2.75. The van der Waals surface area contributed by atoms with Crippen molar-refractivity contribution in [3.63, 3.8) is 0 Å². The predicted molar refractivity (Wildman–Crippen MR) is 114 cm³/mol. The summed E-state index contributed by atoms with van der Waals surface area (Å²) >= 11 is 0. The standard InChI is InChI=1S/C20H29N5O8/c1-10(27)16(19(31)24-14(9-26)20(32)33)25-18(30)13(7-11-5-3-2-4-6-11)23-17(29)12(21)8-15(22)28/h2-6,10,12-14,16,26-27H,7-9,21H2,1H3,(H2,22,28)(H,23,29)(H,24,31)(H,25,30)(H,32,33). The molecule has 0 bridgehead atoms. The number of aliphatic hydroxyl groups is 2. The van der Waals surface area contributed by atoms with Crippen LogP contribution in [0.4, 0.5) is 0 Å². The third-order valence-electron chi connectivity index (χ3n) is 4.53. The average molecular weight is 467 g/mol. The molecule has 0 aliphatic rings. The minimum absolute atomic E-state index is 0.0236. The quantitative estimate of drug-likeness (QED) is 0.142. The largest absolute Gasteiger partial charge is 0.480 e. The lowest BCUT2D eigenvalue weighted by Gasteiger charge is -2.26. The molecule has 0 aliphatic heterocycles. The van der Waals surface area contributed by atoms with E-state index in [4.69, 9.17) is 21.7 Å². The van der Waals surface area contributed by atoms with Crippen LogP contribution in [-0.4, -0.2) is 81.8 Å². The van der Waals surface area contributed by atoms with Crippen LogP contribution < -0.4 is 27.4 Å². The molecular weight excluding hydrogens is 438 g/mol. The van der Waals surface area contributed by atoms with Crippen LogP contribution in [0, 0.1) is 0 Å². The molecule has 0 radical (unpaired) electrons. The summed E-state index contributed by atoms with van der Waals surface area (Å²) in [4.78, 5) is 59.7. The van der Waals surface area contributed by atoms with Gasteiger partial charge in [-0.1, -0.05) is 30.3 Å². The Hall–Kier alpha value is -3.55. The molecule has 1 aromatic rings. The van der Waals surface area contributed by atoms with E-state index in [1.54, 1.807) is 30.3 Å². The first kappa shape index (κ1) is 27.5. The zero-order valence-electron chi connectivity index (χ0n) is 17.9.